The number of anilines is 1. The molecule has 170 valence electrons. The van der Waals surface area contributed by atoms with Crippen LogP contribution in [0.3, 0.4) is 0 Å². The Bertz CT molecular complexity index is 1180. The Balaban J connectivity index is 1.42. The van der Waals surface area contributed by atoms with Gasteiger partial charge in [-0.1, -0.05) is 40.2 Å². The molecule has 1 aliphatic rings. The van der Waals surface area contributed by atoms with E-state index in [1.54, 1.807) is 22.9 Å². The maximum absolute atomic E-state index is 12.4. The average molecular weight is 510 g/mol. The second kappa shape index (κ2) is 9.58. The number of hydrogen-bond acceptors (Lipinski definition) is 6. The van der Waals surface area contributed by atoms with Crippen molar-refractivity contribution >= 4 is 39.3 Å². The first-order valence-electron chi connectivity index (χ1n) is 10.5. The van der Waals surface area contributed by atoms with Gasteiger partial charge in [0.25, 0.3) is 0 Å². The molecule has 2 N–H and O–H groups in total. The Labute approximate surface area is 200 Å². The summed E-state index contributed by atoms with van der Waals surface area (Å²) in [7, 11) is 0. The van der Waals surface area contributed by atoms with Crippen molar-refractivity contribution in [2.45, 2.75) is 32.9 Å². The highest BCUT2D eigenvalue weighted by Crippen LogP contribution is 2.33. The highest BCUT2D eigenvalue weighted by atomic mass is 79.9. The van der Waals surface area contributed by atoms with Crippen LogP contribution in [0.4, 0.5) is 5.82 Å². The zero-order chi connectivity index (χ0) is 23.5. The molecule has 4 rings (SSSR count). The molecular weight excluding hydrogens is 486 g/mol. The van der Waals surface area contributed by atoms with Crippen molar-refractivity contribution in [1.82, 2.24) is 14.6 Å². The fraction of sp³-hybridized carbons (Fsp3) is 0.250. The fourth-order valence-corrected chi connectivity index (χ4v) is 4.07. The quantitative estimate of drug-likeness (QED) is 0.504. The average Bonchev–Trinajstić information content (AvgIpc) is 3.39. The first kappa shape index (κ1) is 22.7. The van der Waals surface area contributed by atoms with Gasteiger partial charge in [-0.2, -0.15) is 5.10 Å². The first-order chi connectivity index (χ1) is 15.8. The van der Waals surface area contributed by atoms with Crippen molar-refractivity contribution in [3.05, 3.63) is 81.7 Å². The van der Waals surface area contributed by atoms with E-state index < -0.39 is 5.97 Å². The number of carbonyl (C=O) groups excluding carboxylic acids is 2. The van der Waals surface area contributed by atoms with E-state index in [2.05, 4.69) is 26.0 Å². The number of hydrogen-bond donors (Lipinski definition) is 1. The van der Waals surface area contributed by atoms with Crippen LogP contribution in [-0.2, 0) is 16.1 Å². The molecule has 1 aliphatic heterocycles. The van der Waals surface area contributed by atoms with Crippen molar-refractivity contribution in [1.29, 1.82) is 0 Å². The van der Waals surface area contributed by atoms with Crippen molar-refractivity contribution < 1.29 is 14.3 Å². The van der Waals surface area contributed by atoms with Gasteiger partial charge in [-0.15, -0.1) is 0 Å². The number of aryl methyl sites for hydroxylation is 1. The van der Waals surface area contributed by atoms with E-state index in [1.165, 1.54) is 11.9 Å². The SMILES string of the molecule is CC(=O)N1N=C(c2ccc(Br)cc2)CC1c1ccc(C(=O)OCCn2c(N)cnc2C)cc1. The van der Waals surface area contributed by atoms with Gasteiger partial charge >= 0.3 is 5.97 Å². The number of nitrogen functional groups attached to an aromatic ring is 1. The van der Waals surface area contributed by atoms with Crippen LogP contribution >= 0.6 is 15.9 Å². The number of esters is 1. The topological polar surface area (TPSA) is 103 Å². The van der Waals surface area contributed by atoms with Crippen molar-refractivity contribution in [2.75, 3.05) is 12.3 Å². The number of nitrogens with zero attached hydrogens (tertiary/aromatic N) is 4. The summed E-state index contributed by atoms with van der Waals surface area (Å²) < 4.78 is 8.16. The van der Waals surface area contributed by atoms with Gasteiger partial charge in [0.1, 0.15) is 18.2 Å². The molecular formula is C24H24BrN5O3. The lowest BCUT2D eigenvalue weighted by molar-refractivity contribution is -0.130. The van der Waals surface area contributed by atoms with E-state index in [1.807, 2.05) is 43.3 Å². The summed E-state index contributed by atoms with van der Waals surface area (Å²) >= 11 is 3.44. The van der Waals surface area contributed by atoms with Gasteiger partial charge in [-0.25, -0.2) is 14.8 Å². The summed E-state index contributed by atoms with van der Waals surface area (Å²) in [6.07, 6.45) is 2.17. The largest absolute Gasteiger partial charge is 0.460 e. The van der Waals surface area contributed by atoms with Crippen molar-refractivity contribution in [3.8, 4) is 0 Å². The third kappa shape index (κ3) is 4.98. The molecule has 1 aromatic heterocycles. The van der Waals surface area contributed by atoms with Crippen LogP contribution < -0.4 is 5.73 Å². The van der Waals surface area contributed by atoms with Crippen LogP contribution in [0.25, 0.3) is 0 Å². The molecule has 0 aliphatic carbocycles. The van der Waals surface area contributed by atoms with E-state index in [-0.39, 0.29) is 18.6 Å². The van der Waals surface area contributed by atoms with E-state index >= 15 is 0 Å². The van der Waals surface area contributed by atoms with Gasteiger partial charge in [-0.3, -0.25) is 4.79 Å². The highest BCUT2D eigenvalue weighted by Gasteiger charge is 2.31. The van der Waals surface area contributed by atoms with Crippen LogP contribution in [0, 0.1) is 6.92 Å². The number of aromatic nitrogens is 2. The zero-order valence-corrected chi connectivity index (χ0v) is 19.9. The molecule has 0 saturated carbocycles. The minimum atomic E-state index is -0.417. The van der Waals surface area contributed by atoms with Crippen LogP contribution in [0.2, 0.25) is 0 Å². The molecule has 0 radical (unpaired) electrons. The predicted octanol–water partition coefficient (Wildman–Crippen LogP) is 4.09. The minimum absolute atomic E-state index is 0.135. The number of nitrogens with two attached hydrogens (primary N) is 1. The molecule has 8 nitrogen and oxygen atoms in total. The molecule has 1 atom stereocenters. The number of ether oxygens (including phenoxy) is 1. The van der Waals surface area contributed by atoms with Gasteiger partial charge in [0.15, 0.2) is 0 Å². The van der Waals surface area contributed by atoms with E-state index in [0.29, 0.717) is 24.3 Å². The number of hydrazone groups is 1. The molecule has 1 amide bonds. The lowest BCUT2D eigenvalue weighted by Crippen LogP contribution is -2.24. The maximum Gasteiger partial charge on any atom is 0.338 e. The monoisotopic (exact) mass is 509 g/mol. The summed E-state index contributed by atoms with van der Waals surface area (Å²) in [5, 5.41) is 6.06. The molecule has 2 heterocycles. The van der Waals surface area contributed by atoms with E-state index in [0.717, 1.165) is 27.1 Å². The number of imidazole rings is 1. The van der Waals surface area contributed by atoms with Gasteiger partial charge in [0, 0.05) is 17.8 Å². The van der Waals surface area contributed by atoms with Crippen LogP contribution in [0.5, 0.6) is 0 Å². The Morgan fingerprint density at radius 2 is 1.85 bits per heavy atom. The van der Waals surface area contributed by atoms with Crippen molar-refractivity contribution in [2.24, 2.45) is 5.10 Å². The molecule has 9 heteroatoms. The lowest BCUT2D eigenvalue weighted by atomic mass is 9.97. The van der Waals surface area contributed by atoms with Gasteiger partial charge in [0.05, 0.1) is 30.1 Å². The number of carbonyl (C=O) groups is 2. The molecule has 0 bridgehead atoms. The van der Waals surface area contributed by atoms with Gasteiger partial charge in [0.2, 0.25) is 5.91 Å². The summed E-state index contributed by atoms with van der Waals surface area (Å²) in [6, 6.07) is 14.7. The van der Waals surface area contributed by atoms with E-state index in [4.69, 9.17) is 10.5 Å². The second-order valence-corrected chi connectivity index (χ2v) is 8.69. The predicted molar refractivity (Wildman–Crippen MR) is 129 cm³/mol. The molecule has 0 spiro atoms. The third-order valence-corrected chi connectivity index (χ3v) is 6.10. The zero-order valence-electron chi connectivity index (χ0n) is 18.4. The number of amides is 1. The lowest BCUT2D eigenvalue weighted by Gasteiger charge is -2.20. The number of benzene rings is 2. The molecule has 3 aromatic rings. The molecule has 2 aromatic carbocycles. The Morgan fingerprint density at radius 3 is 2.45 bits per heavy atom. The summed E-state index contributed by atoms with van der Waals surface area (Å²) in [4.78, 5) is 28.8. The molecule has 33 heavy (non-hydrogen) atoms. The highest BCUT2D eigenvalue weighted by molar-refractivity contribution is 9.10. The van der Waals surface area contributed by atoms with Gasteiger partial charge in [-0.05, 0) is 42.3 Å². The van der Waals surface area contributed by atoms with Crippen LogP contribution in [0.1, 0.15) is 46.7 Å². The Hall–Kier alpha value is -3.46. The van der Waals surface area contributed by atoms with Crippen LogP contribution in [-0.4, -0.2) is 38.8 Å². The summed E-state index contributed by atoms with van der Waals surface area (Å²) in [6.45, 7) is 3.97. The van der Waals surface area contributed by atoms with Crippen molar-refractivity contribution in [3.63, 3.8) is 0 Å². The second-order valence-electron chi connectivity index (χ2n) is 7.78. The normalized spacial score (nSPS) is 15.4. The minimum Gasteiger partial charge on any atom is -0.460 e. The fourth-order valence-electron chi connectivity index (χ4n) is 3.81. The summed E-state index contributed by atoms with van der Waals surface area (Å²) in [5.41, 5.74) is 9.02. The summed E-state index contributed by atoms with van der Waals surface area (Å²) in [5.74, 6) is 0.748. The smallest absolute Gasteiger partial charge is 0.338 e. The maximum atomic E-state index is 12.4. The van der Waals surface area contributed by atoms with Crippen LogP contribution in [0.15, 0.2) is 64.3 Å². The third-order valence-electron chi connectivity index (χ3n) is 5.58. The standard InChI is InChI=1S/C24H24BrN5O3/c1-15-27-14-23(26)29(15)11-12-33-24(32)19-5-3-18(4-6-19)22-13-21(28-30(22)16(2)31)17-7-9-20(25)10-8-17/h3-10,14,22H,11-13,26H2,1-2H3. The first-order valence-corrected chi connectivity index (χ1v) is 11.3. The van der Waals surface area contributed by atoms with Gasteiger partial charge < -0.3 is 15.0 Å². The molecule has 0 fully saturated rings. The Morgan fingerprint density at radius 1 is 1.15 bits per heavy atom. The number of rotatable bonds is 6. The number of halogens is 1. The Kier molecular flexibility index (Phi) is 6.60. The van der Waals surface area contributed by atoms with E-state index in [9.17, 15) is 9.59 Å². The molecule has 1 unspecified atom stereocenters. The molecule has 0 saturated heterocycles.